The van der Waals surface area contributed by atoms with Gasteiger partial charge in [0.05, 0.1) is 17.2 Å². The van der Waals surface area contributed by atoms with Crippen LogP contribution in [0.4, 0.5) is 8.78 Å². The Bertz CT molecular complexity index is 795. The van der Waals surface area contributed by atoms with Crippen LogP contribution in [0.15, 0.2) is 30.5 Å². The van der Waals surface area contributed by atoms with Crippen LogP contribution in [-0.4, -0.2) is 42.8 Å². The number of rotatable bonds is 8. The molecule has 1 heterocycles. The molecule has 0 atom stereocenters. The van der Waals surface area contributed by atoms with E-state index >= 15 is 0 Å². The Hall–Kier alpha value is -2.32. The van der Waals surface area contributed by atoms with Crippen molar-refractivity contribution in [1.29, 1.82) is 0 Å². The fourth-order valence-electron chi connectivity index (χ4n) is 3.38. The summed E-state index contributed by atoms with van der Waals surface area (Å²) in [5.74, 6) is -0.146. The number of nitrogens with zero attached hydrogens (tertiary/aromatic N) is 1. The topological polar surface area (TPSA) is 86.5 Å². The van der Waals surface area contributed by atoms with Gasteiger partial charge in [-0.3, -0.25) is 9.78 Å². The van der Waals surface area contributed by atoms with E-state index in [0.29, 0.717) is 29.6 Å². The summed E-state index contributed by atoms with van der Waals surface area (Å²) in [6, 6.07) is 6.28. The van der Waals surface area contributed by atoms with E-state index in [-0.39, 0.29) is 23.8 Å². The van der Waals surface area contributed by atoms with Gasteiger partial charge in [0.15, 0.2) is 0 Å². The molecule has 1 aromatic carbocycles. The molecule has 0 saturated heterocycles. The Morgan fingerprint density at radius 2 is 2.04 bits per heavy atom. The molecule has 0 unspecified atom stereocenters. The number of ether oxygens (including phenoxy) is 2. The van der Waals surface area contributed by atoms with Gasteiger partial charge in [-0.15, -0.1) is 0 Å². The van der Waals surface area contributed by atoms with Crippen molar-refractivity contribution < 1.29 is 23.0 Å². The third-order valence-corrected chi connectivity index (χ3v) is 4.85. The number of pyridine rings is 1. The number of fused-ring (bicyclic) bond motifs is 1. The van der Waals surface area contributed by atoms with Gasteiger partial charge in [-0.1, -0.05) is 0 Å². The molecule has 1 saturated carbocycles. The number of benzene rings is 1. The lowest BCUT2D eigenvalue weighted by Gasteiger charge is -2.29. The minimum absolute atomic E-state index is 0.0395. The smallest absolute Gasteiger partial charge is 0.387 e. The summed E-state index contributed by atoms with van der Waals surface area (Å²) in [4.78, 5) is 16.7. The average Bonchev–Trinajstić information content (AvgIpc) is 2.68. The molecule has 1 aliphatic rings. The summed E-state index contributed by atoms with van der Waals surface area (Å²) >= 11 is 0. The van der Waals surface area contributed by atoms with Gasteiger partial charge in [0.2, 0.25) is 0 Å². The molecule has 2 aromatic rings. The van der Waals surface area contributed by atoms with Crippen LogP contribution in [0.25, 0.3) is 10.9 Å². The van der Waals surface area contributed by atoms with Gasteiger partial charge in [0, 0.05) is 30.3 Å². The monoisotopic (exact) mass is 393 g/mol. The van der Waals surface area contributed by atoms with Crippen molar-refractivity contribution in [3.05, 3.63) is 36.0 Å². The van der Waals surface area contributed by atoms with Crippen LogP contribution in [0.5, 0.6) is 5.75 Å². The van der Waals surface area contributed by atoms with Crippen LogP contribution >= 0.6 is 0 Å². The summed E-state index contributed by atoms with van der Waals surface area (Å²) in [5, 5.41) is 3.73. The van der Waals surface area contributed by atoms with Crippen LogP contribution in [0.2, 0.25) is 0 Å². The molecule has 1 aliphatic carbocycles. The third-order valence-electron chi connectivity index (χ3n) is 4.85. The second kappa shape index (κ2) is 9.75. The summed E-state index contributed by atoms with van der Waals surface area (Å²) in [6.45, 7) is -1.57. The van der Waals surface area contributed by atoms with Gasteiger partial charge in [0.1, 0.15) is 5.75 Å². The second-order valence-electron chi connectivity index (χ2n) is 6.92. The van der Waals surface area contributed by atoms with Crippen molar-refractivity contribution >= 4 is 16.8 Å². The van der Waals surface area contributed by atoms with Crippen molar-refractivity contribution in [2.24, 2.45) is 5.73 Å². The molecule has 3 N–H and O–H groups in total. The van der Waals surface area contributed by atoms with Crippen LogP contribution in [0.1, 0.15) is 42.5 Å². The molecule has 3 rings (SSSR count). The predicted molar refractivity (Wildman–Crippen MR) is 102 cm³/mol. The van der Waals surface area contributed by atoms with Gasteiger partial charge >= 0.3 is 6.61 Å². The Balaban J connectivity index is 1.55. The largest absolute Gasteiger partial charge is 0.435 e. The van der Waals surface area contributed by atoms with Gasteiger partial charge in [-0.25, -0.2) is 0 Å². The standard InChI is InChI=1S/C20H25F2N3O3/c21-20(22)28-17-5-2-13-10-14(12-24-18(13)11-17)19(26)25-15-3-6-16(7-4-15)27-9-1-8-23/h2,5,10-12,15-16,20H,1,3-4,6-9,23H2,(H,25,26)/t15-,16-. The van der Waals surface area contributed by atoms with E-state index in [1.807, 2.05) is 0 Å². The quantitative estimate of drug-likeness (QED) is 0.673. The highest BCUT2D eigenvalue weighted by molar-refractivity contribution is 5.97. The van der Waals surface area contributed by atoms with E-state index in [1.165, 1.54) is 18.3 Å². The molecule has 0 bridgehead atoms. The lowest BCUT2D eigenvalue weighted by Crippen LogP contribution is -2.39. The fraction of sp³-hybridized carbons (Fsp3) is 0.500. The van der Waals surface area contributed by atoms with Gasteiger partial charge in [-0.05, 0) is 56.8 Å². The number of halogens is 2. The molecule has 0 aliphatic heterocycles. The first-order valence-corrected chi connectivity index (χ1v) is 9.52. The van der Waals surface area contributed by atoms with E-state index < -0.39 is 6.61 Å². The second-order valence-corrected chi connectivity index (χ2v) is 6.92. The van der Waals surface area contributed by atoms with Crippen LogP contribution in [-0.2, 0) is 4.74 Å². The van der Waals surface area contributed by atoms with E-state index in [9.17, 15) is 13.6 Å². The predicted octanol–water partition coefficient (Wildman–Crippen LogP) is 3.24. The van der Waals surface area contributed by atoms with Crippen LogP contribution in [0, 0.1) is 0 Å². The lowest BCUT2D eigenvalue weighted by atomic mass is 9.92. The maximum atomic E-state index is 12.5. The summed E-state index contributed by atoms with van der Waals surface area (Å²) in [5.41, 5.74) is 6.40. The Kier molecular flexibility index (Phi) is 7.11. The number of aromatic nitrogens is 1. The Morgan fingerprint density at radius 3 is 2.75 bits per heavy atom. The third kappa shape index (κ3) is 5.59. The number of carbonyl (C=O) groups is 1. The molecule has 1 fully saturated rings. The number of amides is 1. The molecule has 1 amide bonds. The molecule has 152 valence electrons. The molecule has 8 heteroatoms. The Morgan fingerprint density at radius 1 is 1.25 bits per heavy atom. The summed E-state index contributed by atoms with van der Waals surface area (Å²) < 4.78 is 34.8. The normalized spacial score (nSPS) is 19.7. The molecular weight excluding hydrogens is 368 g/mol. The molecule has 0 spiro atoms. The fourth-order valence-corrected chi connectivity index (χ4v) is 3.38. The minimum Gasteiger partial charge on any atom is -0.435 e. The number of nitrogens with two attached hydrogens (primary N) is 1. The minimum atomic E-state index is -2.89. The van der Waals surface area contributed by atoms with E-state index in [2.05, 4.69) is 15.0 Å². The zero-order chi connectivity index (χ0) is 19.9. The number of nitrogens with one attached hydrogen (secondary N) is 1. The van der Waals surface area contributed by atoms with E-state index in [0.717, 1.165) is 32.1 Å². The van der Waals surface area contributed by atoms with Gasteiger partial charge in [-0.2, -0.15) is 8.78 Å². The summed E-state index contributed by atoms with van der Waals surface area (Å²) in [7, 11) is 0. The molecular formula is C20H25F2N3O3. The van der Waals surface area contributed by atoms with Crippen molar-refractivity contribution in [2.45, 2.75) is 50.9 Å². The maximum absolute atomic E-state index is 12.5. The highest BCUT2D eigenvalue weighted by Gasteiger charge is 2.23. The van der Waals surface area contributed by atoms with Crippen molar-refractivity contribution in [3.63, 3.8) is 0 Å². The highest BCUT2D eigenvalue weighted by atomic mass is 19.3. The first kappa shape index (κ1) is 20.4. The molecule has 1 aromatic heterocycles. The lowest BCUT2D eigenvalue weighted by molar-refractivity contribution is -0.0497. The maximum Gasteiger partial charge on any atom is 0.387 e. The Labute approximate surface area is 162 Å². The molecule has 0 radical (unpaired) electrons. The highest BCUT2D eigenvalue weighted by Crippen LogP contribution is 2.23. The molecule has 28 heavy (non-hydrogen) atoms. The van der Waals surface area contributed by atoms with Crippen molar-refractivity contribution in [1.82, 2.24) is 10.3 Å². The van der Waals surface area contributed by atoms with Gasteiger partial charge in [0.25, 0.3) is 5.91 Å². The van der Waals surface area contributed by atoms with Crippen LogP contribution < -0.4 is 15.8 Å². The summed E-state index contributed by atoms with van der Waals surface area (Å²) in [6.07, 6.45) is 6.12. The first-order valence-electron chi connectivity index (χ1n) is 9.52. The van der Waals surface area contributed by atoms with Crippen molar-refractivity contribution in [2.75, 3.05) is 13.2 Å². The SMILES string of the molecule is NCCCO[C@H]1CC[C@H](NC(=O)c2cnc3cc(OC(F)F)ccc3c2)CC1. The average molecular weight is 393 g/mol. The number of carbonyl (C=O) groups excluding carboxylic acids is 1. The molecule has 6 nitrogen and oxygen atoms in total. The van der Waals surface area contributed by atoms with E-state index in [1.54, 1.807) is 12.1 Å². The number of alkyl halides is 2. The zero-order valence-electron chi connectivity index (χ0n) is 15.6. The van der Waals surface area contributed by atoms with E-state index in [4.69, 9.17) is 10.5 Å². The first-order chi connectivity index (χ1) is 13.5. The zero-order valence-corrected chi connectivity index (χ0v) is 15.6. The van der Waals surface area contributed by atoms with Crippen molar-refractivity contribution in [3.8, 4) is 5.75 Å². The number of hydrogen-bond acceptors (Lipinski definition) is 5. The number of hydrogen-bond donors (Lipinski definition) is 2. The van der Waals surface area contributed by atoms with Gasteiger partial charge < -0.3 is 20.5 Å². The van der Waals surface area contributed by atoms with Crippen LogP contribution in [0.3, 0.4) is 0 Å².